The van der Waals surface area contributed by atoms with Crippen molar-refractivity contribution in [3.63, 3.8) is 0 Å². The Labute approximate surface area is 227 Å². The van der Waals surface area contributed by atoms with Crippen LogP contribution in [0.4, 0.5) is 15.8 Å². The Hall–Kier alpha value is -4.74. The number of fused-ring (bicyclic) bond motifs is 1. The molecule has 0 bridgehead atoms. The number of hydrogen-bond donors (Lipinski definition) is 1. The summed E-state index contributed by atoms with van der Waals surface area (Å²) in [6.45, 7) is 2.92. The van der Waals surface area contributed by atoms with Gasteiger partial charge in [-0.25, -0.2) is 4.39 Å². The Kier molecular flexibility index (Phi) is 8.87. The number of anilines is 2. The number of ether oxygens (including phenoxy) is 2. The van der Waals surface area contributed by atoms with Gasteiger partial charge in [0.05, 0.1) is 29.1 Å². The van der Waals surface area contributed by atoms with Gasteiger partial charge in [-0.3, -0.25) is 9.78 Å². The second-order valence-corrected chi connectivity index (χ2v) is 9.06. The van der Waals surface area contributed by atoms with Crippen molar-refractivity contribution in [3.05, 3.63) is 96.0 Å². The lowest BCUT2D eigenvalue weighted by molar-refractivity contribution is -0.114. The van der Waals surface area contributed by atoms with Crippen LogP contribution in [0.15, 0.2) is 79.0 Å². The van der Waals surface area contributed by atoms with Crippen molar-refractivity contribution in [2.75, 3.05) is 32.6 Å². The van der Waals surface area contributed by atoms with Crippen molar-refractivity contribution in [2.24, 2.45) is 0 Å². The minimum absolute atomic E-state index is 0.0869. The maximum absolute atomic E-state index is 15.1. The number of nitriles is 1. The van der Waals surface area contributed by atoms with Crippen molar-refractivity contribution < 1.29 is 18.7 Å². The lowest BCUT2D eigenvalue weighted by Crippen LogP contribution is -2.11. The molecule has 39 heavy (non-hydrogen) atoms. The molecule has 0 fully saturated rings. The monoisotopic (exact) mass is 524 g/mol. The Bertz CT molecular complexity index is 1550. The topological polar surface area (TPSA) is 87.5 Å². The number of likely N-dealkylation sites (N-methyl/N-ethyl adjacent to an activating group) is 1. The first-order valence-electron chi connectivity index (χ1n) is 12.5. The zero-order valence-corrected chi connectivity index (χ0v) is 22.1. The van der Waals surface area contributed by atoms with Crippen LogP contribution >= 0.6 is 0 Å². The van der Waals surface area contributed by atoms with Crippen molar-refractivity contribution >= 4 is 28.1 Å². The first-order chi connectivity index (χ1) is 18.9. The molecule has 3 aromatic carbocycles. The molecule has 4 rings (SSSR count). The number of nitrogens with zero attached hydrogens (tertiary/aromatic N) is 3. The van der Waals surface area contributed by atoms with E-state index in [0.29, 0.717) is 52.6 Å². The van der Waals surface area contributed by atoms with Gasteiger partial charge in [-0.1, -0.05) is 24.3 Å². The van der Waals surface area contributed by atoms with E-state index < -0.39 is 5.82 Å². The summed E-state index contributed by atoms with van der Waals surface area (Å²) in [5.74, 6) is 0.832. The summed E-state index contributed by atoms with van der Waals surface area (Å²) in [6, 6.07) is 19.2. The van der Waals surface area contributed by atoms with Crippen molar-refractivity contribution in [2.45, 2.75) is 13.3 Å². The number of halogens is 1. The third kappa shape index (κ3) is 6.98. The summed E-state index contributed by atoms with van der Waals surface area (Å²) in [5.41, 5.74) is 1.98. The lowest BCUT2D eigenvalue weighted by Gasteiger charge is -2.16. The number of allylic oxidation sites excluding steroid dienone is 1. The number of carbonyl (C=O) groups excluding carboxylic acids is 1. The Morgan fingerprint density at radius 1 is 1.13 bits per heavy atom. The molecular formula is C31H29FN4O3. The number of ketones is 1. The van der Waals surface area contributed by atoms with Crippen molar-refractivity contribution in [1.29, 1.82) is 5.26 Å². The van der Waals surface area contributed by atoms with Gasteiger partial charge in [-0.2, -0.15) is 5.26 Å². The number of pyridine rings is 1. The molecule has 0 saturated carbocycles. The molecule has 0 atom stereocenters. The Morgan fingerprint density at radius 3 is 2.62 bits per heavy atom. The third-order valence-electron chi connectivity index (χ3n) is 5.79. The first kappa shape index (κ1) is 27.3. The van der Waals surface area contributed by atoms with E-state index >= 15 is 4.39 Å². The van der Waals surface area contributed by atoms with Gasteiger partial charge in [-0.05, 0) is 57.4 Å². The highest BCUT2D eigenvalue weighted by molar-refractivity contribution is 5.99. The highest BCUT2D eigenvalue weighted by atomic mass is 19.1. The Morgan fingerprint density at radius 2 is 1.92 bits per heavy atom. The predicted molar refractivity (Wildman–Crippen MR) is 150 cm³/mol. The average molecular weight is 525 g/mol. The van der Waals surface area contributed by atoms with Crippen LogP contribution in [0.2, 0.25) is 0 Å². The molecule has 1 aromatic heterocycles. The molecule has 1 heterocycles. The van der Waals surface area contributed by atoms with Gasteiger partial charge in [0, 0.05) is 42.2 Å². The fraction of sp³-hybridized carbons (Fsp3) is 0.194. The zero-order chi connectivity index (χ0) is 27.8. The number of benzene rings is 3. The van der Waals surface area contributed by atoms with Gasteiger partial charge in [-0.15, -0.1) is 0 Å². The normalized spacial score (nSPS) is 11.1. The maximum atomic E-state index is 15.1. The molecule has 0 unspecified atom stereocenters. The maximum Gasteiger partial charge on any atom is 0.159 e. The largest absolute Gasteiger partial charge is 0.494 e. The van der Waals surface area contributed by atoms with Crippen LogP contribution in [0, 0.1) is 17.1 Å². The van der Waals surface area contributed by atoms with E-state index in [1.54, 1.807) is 48.6 Å². The Balaban J connectivity index is 1.69. The molecule has 0 aliphatic heterocycles. The molecular weight excluding hydrogens is 495 g/mol. The van der Waals surface area contributed by atoms with Crippen LogP contribution in [0.1, 0.15) is 18.1 Å². The van der Waals surface area contributed by atoms with E-state index in [4.69, 9.17) is 9.47 Å². The van der Waals surface area contributed by atoms with Crippen LogP contribution in [0.5, 0.6) is 17.2 Å². The molecule has 4 aromatic rings. The van der Waals surface area contributed by atoms with E-state index in [2.05, 4.69) is 16.4 Å². The van der Waals surface area contributed by atoms with Crippen LogP contribution in [-0.2, 0) is 11.2 Å². The minimum Gasteiger partial charge on any atom is -0.494 e. The van der Waals surface area contributed by atoms with Gasteiger partial charge in [0.25, 0.3) is 0 Å². The van der Waals surface area contributed by atoms with Gasteiger partial charge >= 0.3 is 0 Å². The van der Waals surface area contributed by atoms with Gasteiger partial charge in [0.15, 0.2) is 5.78 Å². The predicted octanol–water partition coefficient (Wildman–Crippen LogP) is 6.41. The average Bonchev–Trinajstić information content (AvgIpc) is 2.91. The summed E-state index contributed by atoms with van der Waals surface area (Å²) in [4.78, 5) is 19.1. The molecule has 0 saturated heterocycles. The summed E-state index contributed by atoms with van der Waals surface area (Å²) in [6.07, 6.45) is 4.89. The molecule has 0 aliphatic carbocycles. The number of aromatic nitrogens is 1. The van der Waals surface area contributed by atoms with Gasteiger partial charge in [0.2, 0.25) is 0 Å². The first-order valence-corrected chi connectivity index (χ1v) is 12.5. The molecule has 7 nitrogen and oxygen atoms in total. The lowest BCUT2D eigenvalue weighted by atomic mass is 10.0. The smallest absolute Gasteiger partial charge is 0.159 e. The van der Waals surface area contributed by atoms with Crippen molar-refractivity contribution in [3.8, 4) is 23.3 Å². The molecule has 0 amide bonds. The van der Waals surface area contributed by atoms with Crippen LogP contribution in [0.3, 0.4) is 0 Å². The minimum atomic E-state index is -0.551. The second-order valence-electron chi connectivity index (χ2n) is 9.06. The van der Waals surface area contributed by atoms with E-state index in [-0.39, 0.29) is 23.5 Å². The second kappa shape index (κ2) is 12.7. The summed E-state index contributed by atoms with van der Waals surface area (Å²) in [5, 5.41) is 13.4. The molecule has 1 N–H and O–H groups in total. The van der Waals surface area contributed by atoms with Crippen LogP contribution < -0.4 is 14.8 Å². The van der Waals surface area contributed by atoms with Gasteiger partial charge in [0.1, 0.15) is 29.1 Å². The fourth-order valence-corrected chi connectivity index (χ4v) is 3.97. The highest BCUT2D eigenvalue weighted by Crippen LogP contribution is 2.35. The van der Waals surface area contributed by atoms with Crippen LogP contribution in [0.25, 0.3) is 10.9 Å². The quantitative estimate of drug-likeness (QED) is 0.227. The number of para-hydroxylation sites is 1. The van der Waals surface area contributed by atoms with Crippen molar-refractivity contribution in [1.82, 2.24) is 9.88 Å². The SMILES string of the molecule is CCOc1cc2ncc(C#N)c(Nc3ccc(Oc4ccccc4)cc3F)c2cc1CC(=O)/C=C/CN(C)C. The number of rotatable bonds is 11. The summed E-state index contributed by atoms with van der Waals surface area (Å²) < 4.78 is 26.7. The van der Waals surface area contributed by atoms with E-state index in [0.717, 1.165) is 0 Å². The molecule has 0 spiro atoms. The number of hydrogen-bond acceptors (Lipinski definition) is 7. The summed E-state index contributed by atoms with van der Waals surface area (Å²) in [7, 11) is 3.85. The molecule has 0 aliphatic rings. The zero-order valence-electron chi connectivity index (χ0n) is 22.1. The number of nitrogens with one attached hydrogen (secondary N) is 1. The van der Waals surface area contributed by atoms with E-state index in [1.165, 1.54) is 12.3 Å². The molecule has 0 radical (unpaired) electrons. The van der Waals surface area contributed by atoms with Gasteiger partial charge < -0.3 is 19.7 Å². The standard InChI is InChI=1S/C31H29FN4O3/c1-4-38-30-18-29-26(16-21(30)15-23(37)9-8-14-36(2)3)31(22(19-33)20-34-29)35-28-13-12-25(17-27(28)32)39-24-10-6-5-7-11-24/h5-13,16-18,20H,4,14-15H2,1-3H3,(H,34,35)/b9-8+. The molecule has 8 heteroatoms. The third-order valence-corrected chi connectivity index (χ3v) is 5.79. The van der Waals surface area contributed by atoms with E-state index in [1.807, 2.05) is 44.1 Å². The number of carbonyl (C=O) groups is 1. The summed E-state index contributed by atoms with van der Waals surface area (Å²) >= 11 is 0. The van der Waals surface area contributed by atoms with Crippen LogP contribution in [-0.4, -0.2) is 42.9 Å². The fourth-order valence-electron chi connectivity index (χ4n) is 3.97. The molecule has 198 valence electrons. The van der Waals surface area contributed by atoms with E-state index in [9.17, 15) is 10.1 Å². The highest BCUT2D eigenvalue weighted by Gasteiger charge is 2.17.